The second kappa shape index (κ2) is 3.81. The van der Waals surface area contributed by atoms with Gasteiger partial charge >= 0.3 is 12.1 Å². The number of likely N-dealkylation sites (tertiary alicyclic amines) is 1. The van der Waals surface area contributed by atoms with Crippen LogP contribution < -0.4 is 0 Å². The molecule has 5 nitrogen and oxygen atoms in total. The largest absolute Gasteiger partial charge is 0.479 e. The van der Waals surface area contributed by atoms with E-state index in [1.807, 2.05) is 0 Å². The molecule has 2 atom stereocenters. The summed E-state index contributed by atoms with van der Waals surface area (Å²) in [6.45, 7) is 4.07. The highest BCUT2D eigenvalue weighted by Crippen LogP contribution is 2.46. The smallest absolute Gasteiger partial charge is 0.411 e. The van der Waals surface area contributed by atoms with Gasteiger partial charge in [0.25, 0.3) is 0 Å². The SMILES string of the molecule is C=CCOC(=O)N1CC2CCC1(C(=O)O)C2. The van der Waals surface area contributed by atoms with Crippen LogP contribution >= 0.6 is 0 Å². The standard InChI is InChI=1S/C11H15NO4/c1-2-5-16-10(15)12-7-8-3-4-11(12,6-8)9(13)14/h2,8H,1,3-7H2,(H,13,14). The van der Waals surface area contributed by atoms with Gasteiger partial charge in [0.2, 0.25) is 0 Å². The Balaban J connectivity index is 2.13. The van der Waals surface area contributed by atoms with Gasteiger partial charge in [-0.05, 0) is 25.2 Å². The molecule has 0 aromatic rings. The zero-order valence-corrected chi connectivity index (χ0v) is 9.02. The van der Waals surface area contributed by atoms with Gasteiger partial charge in [-0.3, -0.25) is 4.90 Å². The number of rotatable bonds is 3. The van der Waals surface area contributed by atoms with Crippen molar-refractivity contribution in [3.05, 3.63) is 12.7 Å². The summed E-state index contributed by atoms with van der Waals surface area (Å²) in [6, 6.07) is 0. The summed E-state index contributed by atoms with van der Waals surface area (Å²) in [5.41, 5.74) is -1.01. The van der Waals surface area contributed by atoms with Gasteiger partial charge in [0, 0.05) is 6.54 Å². The number of aliphatic carboxylic acids is 1. The summed E-state index contributed by atoms with van der Waals surface area (Å²) in [4.78, 5) is 24.4. The van der Waals surface area contributed by atoms with Crippen molar-refractivity contribution in [2.24, 2.45) is 5.92 Å². The van der Waals surface area contributed by atoms with E-state index >= 15 is 0 Å². The molecule has 2 rings (SSSR count). The van der Waals surface area contributed by atoms with E-state index in [1.165, 1.54) is 11.0 Å². The molecule has 0 aromatic carbocycles. The number of hydrogen-bond acceptors (Lipinski definition) is 3. The maximum Gasteiger partial charge on any atom is 0.411 e. The molecule has 1 amide bonds. The zero-order valence-electron chi connectivity index (χ0n) is 9.02. The summed E-state index contributed by atoms with van der Waals surface area (Å²) in [7, 11) is 0. The molecule has 16 heavy (non-hydrogen) atoms. The lowest BCUT2D eigenvalue weighted by atomic mass is 9.98. The Morgan fingerprint density at radius 2 is 2.38 bits per heavy atom. The van der Waals surface area contributed by atoms with Gasteiger partial charge in [-0.15, -0.1) is 0 Å². The van der Waals surface area contributed by atoms with Crippen molar-refractivity contribution < 1.29 is 19.4 Å². The second-order valence-electron chi connectivity index (χ2n) is 4.42. The van der Waals surface area contributed by atoms with Crippen LogP contribution in [0.25, 0.3) is 0 Å². The first-order valence-corrected chi connectivity index (χ1v) is 5.39. The number of nitrogens with zero attached hydrogens (tertiary/aromatic N) is 1. The van der Waals surface area contributed by atoms with Gasteiger partial charge in [0.05, 0.1) is 0 Å². The summed E-state index contributed by atoms with van der Waals surface area (Å²) in [5, 5.41) is 9.27. The van der Waals surface area contributed by atoms with Gasteiger partial charge < -0.3 is 9.84 Å². The van der Waals surface area contributed by atoms with E-state index < -0.39 is 17.6 Å². The highest BCUT2D eigenvalue weighted by atomic mass is 16.6. The van der Waals surface area contributed by atoms with Crippen LogP contribution in [0.15, 0.2) is 12.7 Å². The topological polar surface area (TPSA) is 66.8 Å². The minimum absolute atomic E-state index is 0.121. The van der Waals surface area contributed by atoms with E-state index in [4.69, 9.17) is 4.74 Å². The molecule has 1 aliphatic carbocycles. The first kappa shape index (κ1) is 11.0. The van der Waals surface area contributed by atoms with Crippen LogP contribution in [0.5, 0.6) is 0 Å². The van der Waals surface area contributed by atoms with E-state index in [0.29, 0.717) is 25.3 Å². The first-order chi connectivity index (χ1) is 7.60. The Hall–Kier alpha value is -1.52. The number of carboxylic acid groups (broad SMARTS) is 1. The third-order valence-electron chi connectivity index (χ3n) is 3.49. The number of piperidine rings is 1. The molecule has 2 aliphatic rings. The van der Waals surface area contributed by atoms with Gasteiger partial charge in [0.1, 0.15) is 12.1 Å². The molecule has 1 saturated carbocycles. The monoisotopic (exact) mass is 225 g/mol. The molecular weight excluding hydrogens is 210 g/mol. The minimum atomic E-state index is -1.01. The maximum atomic E-state index is 11.7. The second-order valence-corrected chi connectivity index (χ2v) is 4.42. The molecule has 1 saturated heterocycles. The van der Waals surface area contributed by atoms with E-state index in [2.05, 4.69) is 6.58 Å². The van der Waals surface area contributed by atoms with Crippen molar-refractivity contribution >= 4 is 12.1 Å². The molecule has 0 aromatic heterocycles. The summed E-state index contributed by atoms with van der Waals surface area (Å²) < 4.78 is 4.91. The van der Waals surface area contributed by atoms with Crippen molar-refractivity contribution in [3.8, 4) is 0 Å². The Bertz CT molecular complexity index is 341. The van der Waals surface area contributed by atoms with E-state index in [0.717, 1.165) is 6.42 Å². The number of carbonyl (C=O) groups is 2. The summed E-state index contributed by atoms with van der Waals surface area (Å²) in [6.07, 6.45) is 2.92. The lowest BCUT2D eigenvalue weighted by molar-refractivity contribution is -0.148. The maximum absolute atomic E-state index is 11.7. The van der Waals surface area contributed by atoms with E-state index in [9.17, 15) is 14.7 Å². The molecular formula is C11H15NO4. The quantitative estimate of drug-likeness (QED) is 0.734. The number of ether oxygens (including phenoxy) is 1. The molecule has 1 aliphatic heterocycles. The van der Waals surface area contributed by atoms with Crippen LogP contribution in [0, 0.1) is 5.92 Å². The van der Waals surface area contributed by atoms with Crippen molar-refractivity contribution in [2.45, 2.75) is 24.8 Å². The molecule has 2 unspecified atom stereocenters. The fraction of sp³-hybridized carbons (Fsp3) is 0.636. The van der Waals surface area contributed by atoms with Crippen LogP contribution in [-0.2, 0) is 9.53 Å². The highest BCUT2D eigenvalue weighted by molar-refractivity contribution is 5.85. The molecule has 0 spiro atoms. The van der Waals surface area contributed by atoms with Crippen molar-refractivity contribution in [2.75, 3.05) is 13.2 Å². The van der Waals surface area contributed by atoms with Crippen LogP contribution in [0.3, 0.4) is 0 Å². The molecule has 2 fully saturated rings. The van der Waals surface area contributed by atoms with Gasteiger partial charge in [-0.25, -0.2) is 9.59 Å². The molecule has 5 heteroatoms. The Labute approximate surface area is 93.7 Å². The highest BCUT2D eigenvalue weighted by Gasteiger charge is 2.58. The average molecular weight is 225 g/mol. The molecule has 88 valence electrons. The molecule has 1 heterocycles. The number of carboxylic acids is 1. The summed E-state index contributed by atoms with van der Waals surface area (Å²) in [5.74, 6) is -0.601. The van der Waals surface area contributed by atoms with Gasteiger partial charge in [-0.1, -0.05) is 12.7 Å². The molecule has 1 N–H and O–H groups in total. The van der Waals surface area contributed by atoms with Gasteiger partial charge in [0.15, 0.2) is 0 Å². The molecule has 2 bridgehead atoms. The third kappa shape index (κ3) is 1.47. The van der Waals surface area contributed by atoms with Crippen LogP contribution in [0.1, 0.15) is 19.3 Å². The van der Waals surface area contributed by atoms with Crippen molar-refractivity contribution in [1.29, 1.82) is 0 Å². The number of amides is 1. The predicted octanol–water partition coefficient (Wildman–Crippen LogP) is 1.25. The molecule has 0 radical (unpaired) electrons. The fourth-order valence-electron chi connectivity index (χ4n) is 2.73. The Kier molecular flexibility index (Phi) is 2.61. The fourth-order valence-corrected chi connectivity index (χ4v) is 2.73. The Morgan fingerprint density at radius 3 is 2.94 bits per heavy atom. The van der Waals surface area contributed by atoms with Crippen molar-refractivity contribution in [3.63, 3.8) is 0 Å². The van der Waals surface area contributed by atoms with Crippen LogP contribution in [0.2, 0.25) is 0 Å². The number of carbonyl (C=O) groups excluding carboxylic acids is 1. The van der Waals surface area contributed by atoms with Crippen LogP contribution in [-0.4, -0.2) is 40.8 Å². The van der Waals surface area contributed by atoms with E-state index in [1.54, 1.807) is 0 Å². The third-order valence-corrected chi connectivity index (χ3v) is 3.49. The van der Waals surface area contributed by atoms with Crippen LogP contribution in [0.4, 0.5) is 4.79 Å². The zero-order chi connectivity index (χ0) is 11.8. The lowest BCUT2D eigenvalue weighted by Crippen LogP contribution is -2.53. The number of hydrogen-bond donors (Lipinski definition) is 1. The Morgan fingerprint density at radius 1 is 1.62 bits per heavy atom. The minimum Gasteiger partial charge on any atom is -0.479 e. The normalized spacial score (nSPS) is 31.5. The predicted molar refractivity (Wildman–Crippen MR) is 56.0 cm³/mol. The lowest BCUT2D eigenvalue weighted by Gasteiger charge is -2.34. The average Bonchev–Trinajstić information content (AvgIpc) is 2.84. The number of fused-ring (bicyclic) bond motifs is 2. The van der Waals surface area contributed by atoms with E-state index in [-0.39, 0.29) is 6.61 Å². The van der Waals surface area contributed by atoms with Crippen molar-refractivity contribution in [1.82, 2.24) is 4.90 Å². The van der Waals surface area contributed by atoms with Gasteiger partial charge in [-0.2, -0.15) is 0 Å². The first-order valence-electron chi connectivity index (χ1n) is 5.39. The summed E-state index contributed by atoms with van der Waals surface area (Å²) >= 11 is 0.